The Morgan fingerprint density at radius 2 is 1.96 bits per heavy atom. The third-order valence-corrected chi connectivity index (χ3v) is 3.83. The Labute approximate surface area is 150 Å². The van der Waals surface area contributed by atoms with Gasteiger partial charge in [-0.15, -0.1) is 0 Å². The molecule has 0 aliphatic carbocycles. The Hall–Kier alpha value is -2.79. The predicted octanol–water partition coefficient (Wildman–Crippen LogP) is 4.14. The van der Waals surface area contributed by atoms with Crippen molar-refractivity contribution in [3.8, 4) is 0 Å². The molecule has 5 nitrogen and oxygen atoms in total. The zero-order chi connectivity index (χ0) is 17.6. The van der Waals surface area contributed by atoms with Crippen LogP contribution in [-0.2, 0) is 16.2 Å². The summed E-state index contributed by atoms with van der Waals surface area (Å²) in [5, 5.41) is 8.35. The van der Waals surface area contributed by atoms with Crippen LogP contribution in [0.4, 0.5) is 0 Å². The first-order chi connectivity index (χ1) is 12.1. The summed E-state index contributed by atoms with van der Waals surface area (Å²) >= 11 is 5.82. The lowest BCUT2D eigenvalue weighted by Crippen LogP contribution is -2.26. The zero-order valence-electron chi connectivity index (χ0n) is 13.7. The highest BCUT2D eigenvalue weighted by Crippen LogP contribution is 2.19. The van der Waals surface area contributed by atoms with E-state index in [0.29, 0.717) is 23.0 Å². The van der Waals surface area contributed by atoms with Crippen LogP contribution in [0.15, 0.2) is 64.2 Å². The number of benzene rings is 2. The fourth-order valence-corrected chi connectivity index (χ4v) is 2.37. The van der Waals surface area contributed by atoms with E-state index in [1.165, 1.54) is 0 Å². The van der Waals surface area contributed by atoms with E-state index in [1.807, 2.05) is 42.5 Å². The highest BCUT2D eigenvalue weighted by atomic mass is 35.5. The number of furan rings is 1. The van der Waals surface area contributed by atoms with Crippen LogP contribution in [0.3, 0.4) is 0 Å². The number of amides is 1. The van der Waals surface area contributed by atoms with Crippen LogP contribution in [0.1, 0.15) is 18.2 Å². The van der Waals surface area contributed by atoms with Crippen LogP contribution >= 0.6 is 11.6 Å². The molecule has 1 aromatic heterocycles. The Bertz CT molecular complexity index is 867. The second-order valence-corrected chi connectivity index (χ2v) is 5.94. The van der Waals surface area contributed by atoms with Crippen LogP contribution < -0.4 is 5.32 Å². The maximum absolute atomic E-state index is 11.8. The normalized spacial score (nSPS) is 11.5. The molecule has 2 aromatic carbocycles. The quantitative estimate of drug-likeness (QED) is 0.533. The number of oxime groups is 1. The van der Waals surface area contributed by atoms with Crippen LogP contribution in [0.5, 0.6) is 0 Å². The van der Waals surface area contributed by atoms with Gasteiger partial charge in [-0.25, -0.2) is 0 Å². The Morgan fingerprint density at radius 3 is 2.72 bits per heavy atom. The molecule has 1 heterocycles. The number of carbonyl (C=O) groups is 1. The Morgan fingerprint density at radius 1 is 1.20 bits per heavy atom. The average molecular weight is 357 g/mol. The predicted molar refractivity (Wildman–Crippen MR) is 97.7 cm³/mol. The van der Waals surface area contributed by atoms with E-state index < -0.39 is 0 Å². The molecular formula is C19H17ClN2O3. The molecule has 0 atom stereocenters. The highest BCUT2D eigenvalue weighted by molar-refractivity contribution is 6.30. The van der Waals surface area contributed by atoms with Gasteiger partial charge in [0.05, 0.1) is 0 Å². The standard InChI is InChI=1S/C19H17ClN2O3/c1-13(18-10-15-4-2-3-5-17(15)25-18)22-24-12-19(23)21-11-14-6-8-16(20)9-7-14/h2-10H,11-12H2,1H3,(H,21,23)/b22-13-. The Balaban J connectivity index is 1.49. The van der Waals surface area contributed by atoms with E-state index in [-0.39, 0.29) is 12.5 Å². The molecule has 0 aliphatic heterocycles. The first-order valence-corrected chi connectivity index (χ1v) is 8.16. The molecule has 0 saturated carbocycles. The van der Waals surface area contributed by atoms with E-state index >= 15 is 0 Å². The van der Waals surface area contributed by atoms with Crippen molar-refractivity contribution in [3.05, 3.63) is 70.9 Å². The number of para-hydroxylation sites is 1. The second-order valence-electron chi connectivity index (χ2n) is 5.50. The number of carbonyl (C=O) groups excluding carboxylic acids is 1. The lowest BCUT2D eigenvalue weighted by molar-refractivity contribution is -0.125. The SMILES string of the molecule is C/C(=N/OCC(=O)NCc1ccc(Cl)cc1)c1cc2ccccc2o1. The summed E-state index contributed by atoms with van der Waals surface area (Å²) in [7, 11) is 0. The minimum Gasteiger partial charge on any atom is -0.455 e. The molecule has 3 aromatic rings. The molecule has 0 spiro atoms. The molecule has 3 rings (SSSR count). The molecule has 0 unspecified atom stereocenters. The summed E-state index contributed by atoms with van der Waals surface area (Å²) in [6, 6.07) is 16.8. The lowest BCUT2D eigenvalue weighted by atomic mass is 10.2. The molecule has 0 aliphatic rings. The van der Waals surface area contributed by atoms with E-state index in [1.54, 1.807) is 19.1 Å². The largest absolute Gasteiger partial charge is 0.455 e. The summed E-state index contributed by atoms with van der Waals surface area (Å²) in [5.41, 5.74) is 2.31. The molecule has 0 bridgehead atoms. The number of hydrogen-bond donors (Lipinski definition) is 1. The smallest absolute Gasteiger partial charge is 0.261 e. The van der Waals surface area contributed by atoms with Crippen LogP contribution in [-0.4, -0.2) is 18.2 Å². The van der Waals surface area contributed by atoms with Crippen LogP contribution in [0.2, 0.25) is 5.02 Å². The van der Waals surface area contributed by atoms with Gasteiger partial charge in [0.25, 0.3) is 5.91 Å². The van der Waals surface area contributed by atoms with Crippen molar-refractivity contribution in [1.29, 1.82) is 0 Å². The molecule has 1 amide bonds. The van der Waals surface area contributed by atoms with Crippen molar-refractivity contribution in [2.45, 2.75) is 13.5 Å². The van der Waals surface area contributed by atoms with E-state index in [0.717, 1.165) is 16.5 Å². The Kier molecular flexibility index (Phi) is 5.36. The first-order valence-electron chi connectivity index (χ1n) is 7.78. The molecule has 128 valence electrons. The number of nitrogens with one attached hydrogen (secondary N) is 1. The number of halogens is 1. The maximum atomic E-state index is 11.8. The molecule has 6 heteroatoms. The minimum absolute atomic E-state index is 0.162. The number of nitrogens with zero attached hydrogens (tertiary/aromatic N) is 1. The number of fused-ring (bicyclic) bond motifs is 1. The van der Waals surface area contributed by atoms with Gasteiger partial charge >= 0.3 is 0 Å². The van der Waals surface area contributed by atoms with Gasteiger partial charge in [0.1, 0.15) is 11.3 Å². The summed E-state index contributed by atoms with van der Waals surface area (Å²) in [4.78, 5) is 16.9. The van der Waals surface area contributed by atoms with Gasteiger partial charge in [-0.2, -0.15) is 0 Å². The molecule has 25 heavy (non-hydrogen) atoms. The second kappa shape index (κ2) is 7.85. The first kappa shape index (κ1) is 17.0. The highest BCUT2D eigenvalue weighted by Gasteiger charge is 2.07. The topological polar surface area (TPSA) is 63.8 Å². The van der Waals surface area contributed by atoms with Gasteiger partial charge in [0.15, 0.2) is 12.4 Å². The average Bonchev–Trinajstić information content (AvgIpc) is 3.05. The summed E-state index contributed by atoms with van der Waals surface area (Å²) < 4.78 is 5.68. The van der Waals surface area contributed by atoms with Crippen molar-refractivity contribution in [3.63, 3.8) is 0 Å². The van der Waals surface area contributed by atoms with Crippen molar-refractivity contribution >= 4 is 34.2 Å². The molecule has 0 fully saturated rings. The molecule has 0 radical (unpaired) electrons. The van der Waals surface area contributed by atoms with E-state index in [9.17, 15) is 4.79 Å². The van der Waals surface area contributed by atoms with Gasteiger partial charge < -0.3 is 14.6 Å². The monoisotopic (exact) mass is 356 g/mol. The molecular weight excluding hydrogens is 340 g/mol. The van der Waals surface area contributed by atoms with E-state index in [4.69, 9.17) is 20.9 Å². The van der Waals surface area contributed by atoms with Crippen molar-refractivity contribution in [2.24, 2.45) is 5.16 Å². The molecule has 0 saturated heterocycles. The van der Waals surface area contributed by atoms with Crippen molar-refractivity contribution in [2.75, 3.05) is 6.61 Å². The fourth-order valence-electron chi connectivity index (χ4n) is 2.25. The van der Waals surface area contributed by atoms with Crippen molar-refractivity contribution in [1.82, 2.24) is 5.32 Å². The molecule has 1 N–H and O–H groups in total. The van der Waals surface area contributed by atoms with Gasteiger partial charge in [-0.1, -0.05) is 47.1 Å². The van der Waals surface area contributed by atoms with Gasteiger partial charge in [0, 0.05) is 17.0 Å². The number of hydrogen-bond acceptors (Lipinski definition) is 4. The third-order valence-electron chi connectivity index (χ3n) is 3.58. The third kappa shape index (κ3) is 4.61. The number of rotatable bonds is 6. The van der Waals surface area contributed by atoms with Gasteiger partial charge in [-0.3, -0.25) is 4.79 Å². The van der Waals surface area contributed by atoms with Crippen molar-refractivity contribution < 1.29 is 14.0 Å². The van der Waals surface area contributed by atoms with Crippen LogP contribution in [0, 0.1) is 0 Å². The van der Waals surface area contributed by atoms with Crippen LogP contribution in [0.25, 0.3) is 11.0 Å². The minimum atomic E-state index is -0.254. The summed E-state index contributed by atoms with van der Waals surface area (Å²) in [5.74, 6) is 0.360. The van der Waals surface area contributed by atoms with Gasteiger partial charge in [-0.05, 0) is 36.8 Å². The zero-order valence-corrected chi connectivity index (χ0v) is 14.4. The summed E-state index contributed by atoms with van der Waals surface area (Å²) in [6.07, 6.45) is 0. The maximum Gasteiger partial charge on any atom is 0.261 e. The fraction of sp³-hybridized carbons (Fsp3) is 0.158. The summed E-state index contributed by atoms with van der Waals surface area (Å²) in [6.45, 7) is 2.01. The lowest BCUT2D eigenvalue weighted by Gasteiger charge is -2.05. The van der Waals surface area contributed by atoms with E-state index in [2.05, 4.69) is 10.5 Å². The van der Waals surface area contributed by atoms with Gasteiger partial charge in [0.2, 0.25) is 0 Å².